The van der Waals surface area contributed by atoms with E-state index in [2.05, 4.69) is 25.7 Å². The Bertz CT molecular complexity index is 961. The molecule has 0 aliphatic rings. The number of thioether (sulfide) groups is 1. The second kappa shape index (κ2) is 9.35. The molecule has 0 radical (unpaired) electrons. The molecule has 8 nitrogen and oxygen atoms in total. The quantitative estimate of drug-likeness (QED) is 0.535. The number of amides is 1. The van der Waals surface area contributed by atoms with Crippen LogP contribution in [0.3, 0.4) is 0 Å². The van der Waals surface area contributed by atoms with Gasteiger partial charge < -0.3 is 9.30 Å². The molecule has 0 saturated heterocycles. The van der Waals surface area contributed by atoms with Gasteiger partial charge in [0, 0.05) is 7.05 Å². The number of benzene rings is 1. The zero-order chi connectivity index (χ0) is 20.1. The smallest absolute Gasteiger partial charge is 0.236 e. The Kier molecular flexibility index (Phi) is 6.87. The molecule has 1 amide bonds. The molecule has 0 spiro atoms. The molecule has 2 heterocycles. The van der Waals surface area contributed by atoms with Gasteiger partial charge in [-0.25, -0.2) is 0 Å². The lowest BCUT2D eigenvalue weighted by atomic mass is 10.3. The number of nitrogens with one attached hydrogen (secondary N) is 1. The number of carbonyl (C=O) groups excluding carboxylic acids is 1. The summed E-state index contributed by atoms with van der Waals surface area (Å²) >= 11 is 8.80. The summed E-state index contributed by atoms with van der Waals surface area (Å²) in [6, 6.07) is 7.26. The number of hydrogen-bond donors (Lipinski definition) is 1. The SMILES string of the molecule is CCc1nnc(NC(=O)CSc2nnc(C(C)Oc3ccccc3Cl)n2C)s1. The zero-order valence-electron chi connectivity index (χ0n) is 15.5. The molecule has 1 atom stereocenters. The van der Waals surface area contributed by atoms with Crippen LogP contribution < -0.4 is 10.1 Å². The summed E-state index contributed by atoms with van der Waals surface area (Å²) in [7, 11) is 1.83. The Morgan fingerprint density at radius 1 is 1.32 bits per heavy atom. The number of para-hydroxylation sites is 1. The van der Waals surface area contributed by atoms with Crippen molar-refractivity contribution >= 4 is 45.7 Å². The van der Waals surface area contributed by atoms with Gasteiger partial charge in [-0.3, -0.25) is 10.1 Å². The van der Waals surface area contributed by atoms with Crippen molar-refractivity contribution in [3.05, 3.63) is 40.1 Å². The van der Waals surface area contributed by atoms with E-state index in [1.165, 1.54) is 23.1 Å². The summed E-state index contributed by atoms with van der Waals surface area (Å²) in [6.07, 6.45) is 0.438. The van der Waals surface area contributed by atoms with Gasteiger partial charge in [-0.2, -0.15) is 0 Å². The van der Waals surface area contributed by atoms with Crippen molar-refractivity contribution in [3.8, 4) is 5.75 Å². The molecule has 0 saturated carbocycles. The minimum Gasteiger partial charge on any atom is -0.481 e. The topological polar surface area (TPSA) is 94.8 Å². The maximum atomic E-state index is 12.1. The number of nitrogens with zero attached hydrogens (tertiary/aromatic N) is 5. The molecule has 28 heavy (non-hydrogen) atoms. The van der Waals surface area contributed by atoms with Gasteiger partial charge >= 0.3 is 0 Å². The van der Waals surface area contributed by atoms with Gasteiger partial charge in [0.05, 0.1) is 10.8 Å². The van der Waals surface area contributed by atoms with Crippen LogP contribution in [0, 0.1) is 0 Å². The second-order valence-electron chi connectivity index (χ2n) is 5.78. The lowest BCUT2D eigenvalue weighted by Gasteiger charge is -2.15. The van der Waals surface area contributed by atoms with E-state index in [0.29, 0.717) is 26.9 Å². The van der Waals surface area contributed by atoms with E-state index < -0.39 is 0 Å². The first kappa shape index (κ1) is 20.6. The van der Waals surface area contributed by atoms with Crippen LogP contribution in [0.4, 0.5) is 5.13 Å². The highest BCUT2D eigenvalue weighted by atomic mass is 35.5. The van der Waals surface area contributed by atoms with Crippen molar-refractivity contribution in [3.63, 3.8) is 0 Å². The van der Waals surface area contributed by atoms with E-state index in [1.54, 1.807) is 16.7 Å². The molecular weight excluding hydrogens is 420 g/mol. The minimum atomic E-state index is -0.352. The second-order valence-corrected chi connectivity index (χ2v) is 8.19. The van der Waals surface area contributed by atoms with Gasteiger partial charge in [-0.05, 0) is 25.5 Å². The number of carbonyl (C=O) groups is 1. The molecule has 2 aromatic heterocycles. The molecule has 1 aromatic carbocycles. The molecule has 0 aliphatic heterocycles. The van der Waals surface area contributed by atoms with Gasteiger partial charge in [-0.1, -0.05) is 53.8 Å². The Labute approximate surface area is 175 Å². The van der Waals surface area contributed by atoms with E-state index in [-0.39, 0.29) is 17.8 Å². The van der Waals surface area contributed by atoms with Crippen molar-refractivity contribution in [1.29, 1.82) is 0 Å². The fraction of sp³-hybridized carbons (Fsp3) is 0.353. The van der Waals surface area contributed by atoms with E-state index in [1.807, 2.05) is 33.0 Å². The average molecular weight is 439 g/mol. The number of aryl methyl sites for hydroxylation is 1. The Morgan fingerprint density at radius 2 is 2.11 bits per heavy atom. The minimum absolute atomic E-state index is 0.172. The van der Waals surface area contributed by atoms with E-state index in [4.69, 9.17) is 16.3 Å². The zero-order valence-corrected chi connectivity index (χ0v) is 17.9. The Morgan fingerprint density at radius 3 is 2.82 bits per heavy atom. The van der Waals surface area contributed by atoms with Crippen molar-refractivity contribution in [2.45, 2.75) is 31.5 Å². The third-order valence-electron chi connectivity index (χ3n) is 3.72. The molecule has 3 aromatic rings. The Balaban J connectivity index is 1.58. The molecule has 1 unspecified atom stereocenters. The highest BCUT2D eigenvalue weighted by Gasteiger charge is 2.19. The number of ether oxygens (including phenoxy) is 1. The van der Waals surface area contributed by atoms with Crippen LogP contribution in [0.1, 0.15) is 30.8 Å². The lowest BCUT2D eigenvalue weighted by Crippen LogP contribution is -2.14. The predicted octanol–water partition coefficient (Wildman–Crippen LogP) is 3.75. The summed E-state index contributed by atoms with van der Waals surface area (Å²) in [4.78, 5) is 12.1. The summed E-state index contributed by atoms with van der Waals surface area (Å²) in [6.45, 7) is 3.86. The van der Waals surface area contributed by atoms with E-state index in [0.717, 1.165) is 11.4 Å². The maximum absolute atomic E-state index is 12.1. The number of halogens is 1. The first-order valence-electron chi connectivity index (χ1n) is 8.53. The fourth-order valence-electron chi connectivity index (χ4n) is 2.32. The predicted molar refractivity (Wildman–Crippen MR) is 110 cm³/mol. The van der Waals surface area contributed by atoms with Crippen molar-refractivity contribution in [2.75, 3.05) is 11.1 Å². The third kappa shape index (κ3) is 5.00. The number of anilines is 1. The van der Waals surface area contributed by atoms with Crippen LogP contribution in [-0.4, -0.2) is 36.6 Å². The normalized spacial score (nSPS) is 12.0. The van der Waals surface area contributed by atoms with E-state index >= 15 is 0 Å². The van der Waals surface area contributed by atoms with Crippen LogP contribution in [0.2, 0.25) is 5.02 Å². The highest BCUT2D eigenvalue weighted by molar-refractivity contribution is 7.99. The Hall–Kier alpha value is -2.17. The number of rotatable bonds is 8. The van der Waals surface area contributed by atoms with Gasteiger partial charge in [0.15, 0.2) is 17.1 Å². The van der Waals surface area contributed by atoms with Crippen LogP contribution in [-0.2, 0) is 18.3 Å². The summed E-state index contributed by atoms with van der Waals surface area (Å²) in [5.41, 5.74) is 0. The summed E-state index contributed by atoms with van der Waals surface area (Å²) in [5, 5.41) is 21.5. The van der Waals surface area contributed by atoms with E-state index in [9.17, 15) is 4.79 Å². The van der Waals surface area contributed by atoms with Crippen LogP contribution in [0.25, 0.3) is 0 Å². The molecule has 3 rings (SSSR count). The largest absolute Gasteiger partial charge is 0.481 e. The van der Waals surface area contributed by atoms with Gasteiger partial charge in [0.1, 0.15) is 10.8 Å². The number of hydrogen-bond acceptors (Lipinski definition) is 8. The van der Waals surface area contributed by atoms with Crippen molar-refractivity contribution < 1.29 is 9.53 Å². The average Bonchev–Trinajstić information content (AvgIpc) is 3.28. The standard InChI is InChI=1S/C17H19ClN6O2S2/c1-4-14-20-22-16(28-14)19-13(25)9-27-17-23-21-15(24(17)3)10(2)26-12-8-6-5-7-11(12)18/h5-8,10H,4,9H2,1-3H3,(H,19,22,25). The highest BCUT2D eigenvalue weighted by Crippen LogP contribution is 2.29. The molecule has 148 valence electrons. The molecule has 0 bridgehead atoms. The van der Waals surface area contributed by atoms with Crippen LogP contribution in [0.5, 0.6) is 5.75 Å². The third-order valence-corrected chi connectivity index (χ3v) is 6.04. The fourth-order valence-corrected chi connectivity index (χ4v) is 3.92. The van der Waals surface area contributed by atoms with Gasteiger partial charge in [0.25, 0.3) is 0 Å². The monoisotopic (exact) mass is 438 g/mol. The molecular formula is C17H19ClN6O2S2. The molecule has 11 heteroatoms. The molecule has 0 aliphatic carbocycles. The van der Waals surface area contributed by atoms with Crippen LogP contribution >= 0.6 is 34.7 Å². The van der Waals surface area contributed by atoms with Gasteiger partial charge in [-0.15, -0.1) is 20.4 Å². The first-order valence-corrected chi connectivity index (χ1v) is 10.7. The first-order chi connectivity index (χ1) is 13.5. The van der Waals surface area contributed by atoms with Crippen molar-refractivity contribution in [1.82, 2.24) is 25.0 Å². The van der Waals surface area contributed by atoms with Crippen LogP contribution in [0.15, 0.2) is 29.4 Å². The molecule has 0 fully saturated rings. The maximum Gasteiger partial charge on any atom is 0.236 e. The number of aromatic nitrogens is 5. The van der Waals surface area contributed by atoms with Crippen molar-refractivity contribution in [2.24, 2.45) is 7.05 Å². The lowest BCUT2D eigenvalue weighted by molar-refractivity contribution is -0.113. The molecule has 1 N–H and O–H groups in total. The van der Waals surface area contributed by atoms with Gasteiger partial charge in [0.2, 0.25) is 11.0 Å². The summed E-state index contributed by atoms with van der Waals surface area (Å²) < 4.78 is 7.69. The summed E-state index contributed by atoms with van der Waals surface area (Å²) in [5.74, 6) is 1.23.